The van der Waals surface area contributed by atoms with E-state index in [2.05, 4.69) is 80.3 Å². The molecule has 1 aliphatic carbocycles. The van der Waals surface area contributed by atoms with Crippen molar-refractivity contribution in [1.82, 2.24) is 9.80 Å². The van der Waals surface area contributed by atoms with Crippen LogP contribution in [0.1, 0.15) is 68.4 Å². The molecule has 0 spiro atoms. The maximum absolute atomic E-state index is 14.6. The molecule has 3 nitrogen and oxygen atoms in total. The van der Waals surface area contributed by atoms with E-state index >= 15 is 0 Å². The van der Waals surface area contributed by atoms with Gasteiger partial charge in [-0.2, -0.15) is 0 Å². The highest BCUT2D eigenvalue weighted by atomic mass is 19.1. The summed E-state index contributed by atoms with van der Waals surface area (Å²) in [4.78, 5) is 18.3. The van der Waals surface area contributed by atoms with Gasteiger partial charge in [0, 0.05) is 24.7 Å². The van der Waals surface area contributed by atoms with Crippen LogP contribution >= 0.6 is 0 Å². The number of carbonyl (C=O) groups is 1. The van der Waals surface area contributed by atoms with E-state index < -0.39 is 5.54 Å². The van der Waals surface area contributed by atoms with Gasteiger partial charge in [0.05, 0.1) is 12.1 Å². The number of carbonyl (C=O) groups excluding carboxylic acids is 1. The average molecular weight is 513 g/mol. The van der Waals surface area contributed by atoms with E-state index in [0.717, 1.165) is 25.8 Å². The Morgan fingerprint density at radius 3 is 2.32 bits per heavy atom. The van der Waals surface area contributed by atoms with Crippen LogP contribution in [-0.2, 0) is 23.3 Å². The molecular weight excluding hydrogens is 471 g/mol. The molecule has 0 aromatic heterocycles. The van der Waals surface area contributed by atoms with Crippen molar-refractivity contribution in [1.29, 1.82) is 0 Å². The SMILES string of the molecule is CC.CC1=CCC(N(Cc2ccccc2F)C(=O)CN2CCc3ccccc3C2(C)c2ccccc2C)C1. The standard InChI is InChI=1S/C32H35FN2O.C2H6/c1-23-16-17-27(20-23)35(21-26-12-6-9-15-30(26)33)31(36)22-34-19-18-25-11-5-8-14-29(25)32(34,3)28-13-7-4-10-24(28)2;1-2/h4-16,27H,17-22H2,1-3H3;1-2H3. The number of hydrogen-bond donors (Lipinski definition) is 0. The lowest BCUT2D eigenvalue weighted by Gasteiger charge is -2.47. The Morgan fingerprint density at radius 2 is 1.63 bits per heavy atom. The number of fused-ring (bicyclic) bond motifs is 1. The predicted octanol–water partition coefficient (Wildman–Crippen LogP) is 7.42. The van der Waals surface area contributed by atoms with Gasteiger partial charge >= 0.3 is 0 Å². The summed E-state index contributed by atoms with van der Waals surface area (Å²) in [6, 6.07) is 24.0. The molecule has 3 aromatic carbocycles. The lowest BCUT2D eigenvalue weighted by molar-refractivity contribution is -0.136. The van der Waals surface area contributed by atoms with Gasteiger partial charge in [0.15, 0.2) is 0 Å². The number of nitrogens with zero attached hydrogens (tertiary/aromatic N) is 2. The summed E-state index contributed by atoms with van der Waals surface area (Å²) in [6.07, 6.45) is 4.78. The summed E-state index contributed by atoms with van der Waals surface area (Å²) in [5.41, 5.74) is 6.48. The van der Waals surface area contributed by atoms with Gasteiger partial charge in [-0.25, -0.2) is 4.39 Å². The quantitative estimate of drug-likeness (QED) is 0.321. The number of aryl methyl sites for hydroxylation is 1. The Balaban J connectivity index is 0.00000164. The zero-order chi connectivity index (χ0) is 27.3. The summed E-state index contributed by atoms with van der Waals surface area (Å²) >= 11 is 0. The van der Waals surface area contributed by atoms with Gasteiger partial charge in [-0.3, -0.25) is 9.69 Å². The first kappa shape index (κ1) is 27.8. The number of amides is 1. The van der Waals surface area contributed by atoms with E-state index in [9.17, 15) is 9.18 Å². The van der Waals surface area contributed by atoms with Crippen LogP contribution in [-0.4, -0.2) is 34.8 Å². The molecule has 2 atom stereocenters. The minimum Gasteiger partial charge on any atom is -0.334 e. The summed E-state index contributed by atoms with van der Waals surface area (Å²) in [5, 5.41) is 0. The summed E-state index contributed by atoms with van der Waals surface area (Å²) in [6.45, 7) is 11.9. The maximum atomic E-state index is 14.6. The van der Waals surface area contributed by atoms with E-state index in [1.54, 1.807) is 12.1 Å². The Morgan fingerprint density at radius 1 is 0.974 bits per heavy atom. The van der Waals surface area contributed by atoms with Gasteiger partial charge in [-0.1, -0.05) is 92.2 Å². The van der Waals surface area contributed by atoms with Crippen LogP contribution in [0.15, 0.2) is 84.4 Å². The highest BCUT2D eigenvalue weighted by Crippen LogP contribution is 2.42. The highest BCUT2D eigenvalue weighted by Gasteiger charge is 2.42. The number of hydrogen-bond acceptors (Lipinski definition) is 2. The van der Waals surface area contributed by atoms with E-state index in [-0.39, 0.29) is 17.8 Å². The van der Waals surface area contributed by atoms with Crippen LogP contribution in [0.5, 0.6) is 0 Å². The molecule has 4 heteroatoms. The molecule has 1 heterocycles. The number of halogens is 1. The van der Waals surface area contributed by atoms with Crippen LogP contribution in [0, 0.1) is 12.7 Å². The molecule has 0 saturated heterocycles. The predicted molar refractivity (Wildman–Crippen MR) is 154 cm³/mol. The Hall–Kier alpha value is -3.24. The first-order chi connectivity index (χ1) is 18.4. The molecule has 0 saturated carbocycles. The zero-order valence-corrected chi connectivity index (χ0v) is 23.5. The first-order valence-corrected chi connectivity index (χ1v) is 14.0. The third-order valence-electron chi connectivity index (χ3n) is 8.18. The van der Waals surface area contributed by atoms with Crippen LogP contribution in [0.2, 0.25) is 0 Å². The van der Waals surface area contributed by atoms with Crippen molar-refractivity contribution in [2.75, 3.05) is 13.1 Å². The Bertz CT molecular complexity index is 1300. The smallest absolute Gasteiger partial charge is 0.237 e. The van der Waals surface area contributed by atoms with Crippen molar-refractivity contribution in [2.45, 2.75) is 72.0 Å². The second-order valence-corrected chi connectivity index (χ2v) is 10.5. The Kier molecular flexibility index (Phi) is 8.83. The van der Waals surface area contributed by atoms with Gasteiger partial charge in [-0.15, -0.1) is 0 Å². The molecule has 5 rings (SSSR count). The van der Waals surface area contributed by atoms with Crippen LogP contribution in [0.4, 0.5) is 4.39 Å². The van der Waals surface area contributed by atoms with Crippen LogP contribution in [0.25, 0.3) is 0 Å². The van der Waals surface area contributed by atoms with E-state index in [1.165, 1.54) is 33.9 Å². The van der Waals surface area contributed by atoms with Crippen molar-refractivity contribution in [3.05, 3.63) is 118 Å². The summed E-state index contributed by atoms with van der Waals surface area (Å²) in [7, 11) is 0. The molecule has 3 aromatic rings. The summed E-state index contributed by atoms with van der Waals surface area (Å²) < 4.78 is 14.6. The third kappa shape index (κ3) is 5.47. The van der Waals surface area contributed by atoms with Gasteiger partial charge in [0.25, 0.3) is 0 Å². The lowest BCUT2D eigenvalue weighted by atomic mass is 9.75. The normalized spacial score (nSPS) is 20.7. The molecule has 0 N–H and O–H groups in total. The number of rotatable bonds is 6. The number of benzene rings is 3. The van der Waals surface area contributed by atoms with Crippen molar-refractivity contribution >= 4 is 5.91 Å². The zero-order valence-electron chi connectivity index (χ0n) is 23.5. The highest BCUT2D eigenvalue weighted by molar-refractivity contribution is 5.79. The second kappa shape index (κ2) is 12.1. The molecule has 0 bridgehead atoms. The van der Waals surface area contributed by atoms with Crippen molar-refractivity contribution in [3.8, 4) is 0 Å². The van der Waals surface area contributed by atoms with Crippen LogP contribution < -0.4 is 0 Å². The topological polar surface area (TPSA) is 23.6 Å². The fourth-order valence-corrected chi connectivity index (χ4v) is 6.13. The van der Waals surface area contributed by atoms with Gasteiger partial charge in [0.1, 0.15) is 5.82 Å². The molecular formula is C34H41FN2O. The Labute approximate surface area is 228 Å². The van der Waals surface area contributed by atoms with Gasteiger partial charge in [0.2, 0.25) is 5.91 Å². The summed E-state index contributed by atoms with van der Waals surface area (Å²) in [5.74, 6) is -0.194. The molecule has 38 heavy (non-hydrogen) atoms. The molecule has 200 valence electrons. The molecule has 1 aliphatic heterocycles. The fraction of sp³-hybridized carbons (Fsp3) is 0.382. The van der Waals surface area contributed by atoms with Crippen LogP contribution in [0.3, 0.4) is 0 Å². The largest absolute Gasteiger partial charge is 0.334 e. The van der Waals surface area contributed by atoms with E-state index in [1.807, 2.05) is 24.8 Å². The fourth-order valence-electron chi connectivity index (χ4n) is 6.13. The maximum Gasteiger partial charge on any atom is 0.237 e. The van der Waals surface area contributed by atoms with Crippen molar-refractivity contribution in [3.63, 3.8) is 0 Å². The molecule has 1 amide bonds. The molecule has 0 radical (unpaired) electrons. The second-order valence-electron chi connectivity index (χ2n) is 10.5. The van der Waals surface area contributed by atoms with E-state index in [0.29, 0.717) is 18.7 Å². The van der Waals surface area contributed by atoms with E-state index in [4.69, 9.17) is 0 Å². The lowest BCUT2D eigenvalue weighted by Crippen LogP contribution is -2.54. The average Bonchev–Trinajstić information content (AvgIpc) is 3.37. The molecule has 0 fully saturated rings. The van der Waals surface area contributed by atoms with Gasteiger partial charge < -0.3 is 4.90 Å². The van der Waals surface area contributed by atoms with Crippen molar-refractivity contribution < 1.29 is 9.18 Å². The minimum absolute atomic E-state index is 0.0607. The van der Waals surface area contributed by atoms with Crippen molar-refractivity contribution in [2.24, 2.45) is 0 Å². The van der Waals surface area contributed by atoms with Gasteiger partial charge in [-0.05, 0) is 68.4 Å². The first-order valence-electron chi connectivity index (χ1n) is 14.0. The molecule has 2 unspecified atom stereocenters. The molecule has 2 aliphatic rings. The third-order valence-corrected chi connectivity index (χ3v) is 8.18. The monoisotopic (exact) mass is 512 g/mol. The minimum atomic E-state index is -0.427.